The number of piperidine rings is 1. The Hall–Kier alpha value is -5.85. The summed E-state index contributed by atoms with van der Waals surface area (Å²) in [4.78, 5) is 42.0. The number of nitro groups is 1. The minimum Gasteiger partial charge on any atom is -0.381 e. The van der Waals surface area contributed by atoms with Crippen LogP contribution in [0, 0.1) is 15.5 Å². The number of allylic oxidation sites excluding steroid dienone is 1. The van der Waals surface area contributed by atoms with Crippen LogP contribution in [0.4, 0.5) is 17.1 Å². The number of likely N-dealkylation sites (tertiary alicyclic amines) is 1. The highest BCUT2D eigenvalue weighted by atomic mass is 35.5. The predicted molar refractivity (Wildman–Crippen MR) is 265 cm³/mol. The Morgan fingerprint density at radius 1 is 0.956 bits per heavy atom. The molecule has 6 aromatic rings. The molecule has 3 N–H and O–H groups in total. The lowest BCUT2D eigenvalue weighted by Crippen LogP contribution is -2.47. The monoisotopic (exact) mass is 960 g/mol. The Morgan fingerprint density at radius 2 is 1.72 bits per heavy atom. The van der Waals surface area contributed by atoms with E-state index in [-0.39, 0.29) is 28.4 Å². The minimum absolute atomic E-state index is 0.0125. The number of halogens is 1. The standard InChI is InChI=1S/C50H57ClN10O6S/c1-50(2)17-11-35(42(30-50)33-3-5-36(51)6-4-33)32-57-21-23-59(24-22-57)39-7-9-41(45(28-39)60-46-27-34-12-18-52-48(34)55-44(46)31-53-60)49(62)56-68(65,66)40-8-10-43(47(29-40)61(63)64)54-37-13-19-58(20-14-37)38-15-25-67-26-16-38/h3-10,12,18,27-29,31,37-38,53-54H,11,13-17,19-26,30,32H2,1-2H3,(H,56,62). The number of nitrogens with zero attached hydrogens (tertiary/aromatic N) is 7. The van der Waals surface area contributed by atoms with E-state index in [4.69, 9.17) is 21.3 Å². The number of hydrogen-bond acceptors (Lipinski definition) is 12. The zero-order chi connectivity index (χ0) is 47.2. The maximum Gasteiger partial charge on any atom is 0.293 e. The number of H-pyrrole nitrogens is 1. The van der Waals surface area contributed by atoms with Gasteiger partial charge in [0.15, 0.2) is 5.65 Å². The van der Waals surface area contributed by atoms with E-state index in [0.29, 0.717) is 28.4 Å². The number of ether oxygens (including phenoxy) is 1. The molecular formula is C50H57ClN10O6S. The van der Waals surface area contributed by atoms with Gasteiger partial charge in [-0.05, 0) is 116 Å². The van der Waals surface area contributed by atoms with Crippen LogP contribution in [-0.4, -0.2) is 120 Å². The number of piperazine rings is 1. The number of hydrogen-bond donors (Lipinski definition) is 3. The molecule has 3 saturated heterocycles. The average molecular weight is 962 g/mol. The fourth-order valence-corrected chi connectivity index (χ4v) is 11.6. The molecule has 10 rings (SSSR count). The number of sulfonamides is 1. The Morgan fingerprint density at radius 3 is 2.47 bits per heavy atom. The number of nitrogens with one attached hydrogen (secondary N) is 3. The number of benzene rings is 3. The number of carbonyl (C=O) groups is 1. The quantitative estimate of drug-likeness (QED) is 0.0788. The molecule has 3 aliphatic heterocycles. The number of rotatable bonds is 12. The van der Waals surface area contributed by atoms with E-state index in [2.05, 4.69) is 60.8 Å². The van der Waals surface area contributed by atoms with Gasteiger partial charge in [-0.2, -0.15) is 0 Å². The first-order valence-corrected chi connectivity index (χ1v) is 25.5. The van der Waals surface area contributed by atoms with E-state index in [9.17, 15) is 23.3 Å². The molecule has 1 aliphatic carbocycles. The van der Waals surface area contributed by atoms with Crippen molar-refractivity contribution in [1.29, 1.82) is 0 Å². The van der Waals surface area contributed by atoms with Gasteiger partial charge in [-0.25, -0.2) is 23.1 Å². The zero-order valence-electron chi connectivity index (χ0n) is 38.4. The first-order valence-electron chi connectivity index (χ1n) is 23.6. The normalized spacial score (nSPS) is 19.2. The summed E-state index contributed by atoms with van der Waals surface area (Å²) in [5.74, 6) is -0.891. The Kier molecular flexibility index (Phi) is 12.8. The second-order valence-electron chi connectivity index (χ2n) is 19.4. The number of pyridine rings is 1. The van der Waals surface area contributed by atoms with Crippen molar-refractivity contribution in [3.05, 3.63) is 117 Å². The van der Waals surface area contributed by atoms with Crippen LogP contribution < -0.4 is 14.9 Å². The number of anilines is 2. The Bertz CT molecular complexity index is 3000. The third kappa shape index (κ3) is 9.72. The molecule has 0 bridgehead atoms. The number of carbonyl (C=O) groups excluding carboxylic acids is 1. The molecule has 6 heterocycles. The molecule has 0 unspecified atom stereocenters. The largest absolute Gasteiger partial charge is 0.381 e. The van der Waals surface area contributed by atoms with E-state index in [1.807, 2.05) is 36.4 Å². The van der Waals surface area contributed by atoms with Crippen molar-refractivity contribution in [3.63, 3.8) is 0 Å². The molecule has 68 heavy (non-hydrogen) atoms. The lowest BCUT2D eigenvalue weighted by molar-refractivity contribution is -0.384. The smallest absolute Gasteiger partial charge is 0.293 e. The molecule has 4 aliphatic rings. The summed E-state index contributed by atoms with van der Waals surface area (Å²) in [6.45, 7) is 12.0. The molecule has 3 fully saturated rings. The molecule has 0 saturated carbocycles. The van der Waals surface area contributed by atoms with E-state index in [0.717, 1.165) is 126 Å². The van der Waals surface area contributed by atoms with Crippen LogP contribution in [0.5, 0.6) is 0 Å². The molecule has 16 nitrogen and oxygen atoms in total. The summed E-state index contributed by atoms with van der Waals surface area (Å²) in [5.41, 5.74) is 7.41. The lowest BCUT2D eigenvalue weighted by atomic mass is 9.72. The molecular weight excluding hydrogens is 904 g/mol. The number of nitro benzene ring substituents is 1. The van der Waals surface area contributed by atoms with E-state index < -0.39 is 25.7 Å². The highest BCUT2D eigenvalue weighted by Crippen LogP contribution is 2.43. The number of amides is 1. The SMILES string of the molecule is CC1(C)CCC(CN2CCN(c3ccc(C(=O)NS(=O)(=O)c4ccc(NC5CCN(C6CCOCC6)CC5)c([N+](=O)[O-])c4)c(-n4[nH]cc5nc6nccc6cc54)c3)CC2)=C(c2ccc(Cl)cc2)C1. The fraction of sp³-hybridized carbons (Fsp3) is 0.420. The van der Waals surface area contributed by atoms with Gasteiger partial charge in [-0.3, -0.25) is 29.6 Å². The molecule has 356 valence electrons. The lowest BCUT2D eigenvalue weighted by Gasteiger charge is -2.39. The summed E-state index contributed by atoms with van der Waals surface area (Å²) in [6, 6.07) is 21.6. The van der Waals surface area contributed by atoms with Crippen LogP contribution in [0.1, 0.15) is 74.7 Å². The zero-order valence-corrected chi connectivity index (χ0v) is 40.0. The van der Waals surface area contributed by atoms with Gasteiger partial charge < -0.3 is 19.9 Å². The molecule has 0 spiro atoms. The summed E-state index contributed by atoms with van der Waals surface area (Å²) in [7, 11) is -4.58. The topological polar surface area (TPSA) is 184 Å². The van der Waals surface area contributed by atoms with Gasteiger partial charge in [0, 0.05) is 106 Å². The van der Waals surface area contributed by atoms with Crippen molar-refractivity contribution in [3.8, 4) is 5.69 Å². The van der Waals surface area contributed by atoms with Crippen molar-refractivity contribution >= 4 is 72.2 Å². The van der Waals surface area contributed by atoms with Gasteiger partial charge in [0.1, 0.15) is 11.2 Å². The molecule has 0 atom stereocenters. The highest BCUT2D eigenvalue weighted by Gasteiger charge is 2.32. The van der Waals surface area contributed by atoms with Crippen LogP contribution in [0.2, 0.25) is 5.02 Å². The van der Waals surface area contributed by atoms with E-state index >= 15 is 0 Å². The van der Waals surface area contributed by atoms with Crippen molar-refractivity contribution in [2.75, 3.05) is 69.2 Å². The maximum atomic E-state index is 14.3. The second kappa shape index (κ2) is 18.9. The van der Waals surface area contributed by atoms with Crippen LogP contribution in [0.15, 0.2) is 95.7 Å². The summed E-state index contributed by atoms with van der Waals surface area (Å²) < 4.78 is 37.5. The minimum atomic E-state index is -4.58. The van der Waals surface area contributed by atoms with Crippen LogP contribution in [0.25, 0.3) is 33.3 Å². The van der Waals surface area contributed by atoms with Gasteiger partial charge in [-0.1, -0.05) is 43.2 Å². The van der Waals surface area contributed by atoms with Gasteiger partial charge in [0.05, 0.1) is 26.6 Å². The van der Waals surface area contributed by atoms with Crippen LogP contribution in [-0.2, 0) is 14.8 Å². The molecule has 1 amide bonds. The first-order chi connectivity index (χ1) is 32.8. The summed E-state index contributed by atoms with van der Waals surface area (Å²) in [5, 5.41) is 20.5. The number of aromatic amines is 1. The first kappa shape index (κ1) is 45.9. The van der Waals surface area contributed by atoms with Crippen molar-refractivity contribution in [1.82, 2.24) is 34.3 Å². The number of aromatic nitrogens is 4. The maximum absolute atomic E-state index is 14.3. The van der Waals surface area contributed by atoms with Crippen molar-refractivity contribution in [2.24, 2.45) is 5.41 Å². The van der Waals surface area contributed by atoms with Gasteiger partial charge in [0.25, 0.3) is 21.6 Å². The van der Waals surface area contributed by atoms with E-state index in [1.165, 1.54) is 28.8 Å². The van der Waals surface area contributed by atoms with Gasteiger partial charge >= 0.3 is 0 Å². The van der Waals surface area contributed by atoms with Crippen LogP contribution >= 0.6 is 11.6 Å². The van der Waals surface area contributed by atoms with Gasteiger partial charge in [-0.15, -0.1) is 0 Å². The highest BCUT2D eigenvalue weighted by molar-refractivity contribution is 7.90. The third-order valence-electron chi connectivity index (χ3n) is 14.4. The molecule has 3 aromatic carbocycles. The van der Waals surface area contributed by atoms with Crippen molar-refractivity contribution < 1.29 is 22.9 Å². The fourth-order valence-electron chi connectivity index (χ4n) is 10.5. The molecule has 18 heteroatoms. The van der Waals surface area contributed by atoms with Crippen molar-refractivity contribution in [2.45, 2.75) is 75.8 Å². The third-order valence-corrected chi connectivity index (χ3v) is 15.9. The number of fused-ring (bicyclic) bond motifs is 2. The van der Waals surface area contributed by atoms with E-state index in [1.54, 1.807) is 23.1 Å². The predicted octanol–water partition coefficient (Wildman–Crippen LogP) is 8.42. The summed E-state index contributed by atoms with van der Waals surface area (Å²) in [6.07, 6.45) is 10.2. The van der Waals surface area contributed by atoms with Gasteiger partial charge in [0.2, 0.25) is 0 Å². The molecule has 3 aromatic heterocycles. The molecule has 0 radical (unpaired) electrons. The Labute approximate surface area is 400 Å². The second-order valence-corrected chi connectivity index (χ2v) is 21.5. The summed E-state index contributed by atoms with van der Waals surface area (Å²) >= 11 is 6.27. The Balaban J connectivity index is 0.884. The average Bonchev–Trinajstić information content (AvgIpc) is 3.98. The van der Waals surface area contributed by atoms with Crippen LogP contribution in [0.3, 0.4) is 0 Å².